The molecule has 0 radical (unpaired) electrons. The summed E-state index contributed by atoms with van der Waals surface area (Å²) in [5.41, 5.74) is 1.57. The van der Waals surface area contributed by atoms with Gasteiger partial charge in [0.05, 0.1) is 18.0 Å². The van der Waals surface area contributed by atoms with E-state index in [9.17, 15) is 4.79 Å². The number of ether oxygens (including phenoxy) is 2. The summed E-state index contributed by atoms with van der Waals surface area (Å²) < 4.78 is 13.6. The van der Waals surface area contributed by atoms with Gasteiger partial charge in [0.15, 0.2) is 17.1 Å². The second kappa shape index (κ2) is 11.8. The average Bonchev–Trinajstić information content (AvgIpc) is 3.19. The first kappa shape index (κ1) is 24.7. The van der Waals surface area contributed by atoms with Gasteiger partial charge in [-0.1, -0.05) is 41.6 Å². The Morgan fingerprint density at radius 1 is 1.27 bits per heavy atom. The Bertz CT molecular complexity index is 1120. The molecule has 0 aliphatic heterocycles. The van der Waals surface area contributed by atoms with Crippen molar-refractivity contribution in [2.75, 3.05) is 17.7 Å². The van der Waals surface area contributed by atoms with Crippen LogP contribution in [0.4, 0.5) is 5.69 Å². The van der Waals surface area contributed by atoms with Crippen LogP contribution in [0.2, 0.25) is 5.02 Å². The number of benzene rings is 2. The van der Waals surface area contributed by atoms with Crippen LogP contribution in [0.5, 0.6) is 11.5 Å². The second-order valence-corrected chi connectivity index (χ2v) is 8.55. The minimum absolute atomic E-state index is 0.164. The third-order valence-corrected chi connectivity index (χ3v) is 5.86. The van der Waals surface area contributed by atoms with Crippen LogP contribution in [0.25, 0.3) is 0 Å². The molecule has 33 heavy (non-hydrogen) atoms. The molecular formula is C24H27ClN4O3S. The Hall–Kier alpha value is -2.97. The number of aryl methyl sites for hydroxylation is 1. The Kier molecular flexibility index (Phi) is 8.79. The van der Waals surface area contributed by atoms with E-state index in [1.54, 1.807) is 12.1 Å². The molecule has 3 aromatic rings. The molecule has 1 N–H and O–H groups in total. The number of rotatable bonds is 11. The number of carbonyl (C=O) groups excluding carboxylic acids is 1. The maximum Gasteiger partial charge on any atom is 0.234 e. The lowest BCUT2D eigenvalue weighted by atomic mass is 10.2. The molecule has 7 nitrogen and oxygen atoms in total. The number of allylic oxidation sites excluding steroid dienone is 1. The Morgan fingerprint density at radius 3 is 2.79 bits per heavy atom. The largest absolute Gasteiger partial charge is 0.492 e. The van der Waals surface area contributed by atoms with Gasteiger partial charge < -0.3 is 14.8 Å². The summed E-state index contributed by atoms with van der Waals surface area (Å²) in [5.74, 6) is 2.01. The number of nitrogens with one attached hydrogen (secondary N) is 1. The van der Waals surface area contributed by atoms with E-state index in [1.165, 1.54) is 11.8 Å². The van der Waals surface area contributed by atoms with E-state index in [1.807, 2.05) is 61.7 Å². The van der Waals surface area contributed by atoms with Crippen molar-refractivity contribution in [2.24, 2.45) is 0 Å². The van der Waals surface area contributed by atoms with Crippen molar-refractivity contribution < 1.29 is 14.3 Å². The molecule has 174 valence electrons. The lowest BCUT2D eigenvalue weighted by molar-refractivity contribution is -0.113. The van der Waals surface area contributed by atoms with Crippen LogP contribution in [-0.4, -0.2) is 33.0 Å². The van der Waals surface area contributed by atoms with Crippen molar-refractivity contribution in [2.45, 2.75) is 38.6 Å². The summed E-state index contributed by atoms with van der Waals surface area (Å²) in [6.45, 7) is 10.6. The van der Waals surface area contributed by atoms with Gasteiger partial charge in [0.1, 0.15) is 11.5 Å². The van der Waals surface area contributed by atoms with E-state index in [4.69, 9.17) is 21.1 Å². The van der Waals surface area contributed by atoms with Crippen LogP contribution in [0.15, 0.2) is 60.3 Å². The number of halogens is 1. The van der Waals surface area contributed by atoms with Crippen molar-refractivity contribution in [1.82, 2.24) is 14.8 Å². The third kappa shape index (κ3) is 6.52. The van der Waals surface area contributed by atoms with Crippen molar-refractivity contribution in [3.8, 4) is 11.5 Å². The van der Waals surface area contributed by atoms with Crippen molar-refractivity contribution in [1.29, 1.82) is 0 Å². The molecule has 0 aliphatic carbocycles. The number of nitrogens with zero attached hydrogens (tertiary/aromatic N) is 3. The lowest BCUT2D eigenvalue weighted by Gasteiger charge is -2.17. The van der Waals surface area contributed by atoms with Gasteiger partial charge in [0, 0.05) is 11.6 Å². The maximum absolute atomic E-state index is 12.6. The highest BCUT2D eigenvalue weighted by Gasteiger charge is 2.20. The number of anilines is 1. The van der Waals surface area contributed by atoms with Crippen LogP contribution in [-0.2, 0) is 11.3 Å². The topological polar surface area (TPSA) is 78.3 Å². The summed E-state index contributed by atoms with van der Waals surface area (Å²) in [6, 6.07) is 12.8. The zero-order chi connectivity index (χ0) is 23.8. The molecule has 2 aromatic carbocycles. The first-order valence-electron chi connectivity index (χ1n) is 10.5. The fourth-order valence-electron chi connectivity index (χ4n) is 3.16. The van der Waals surface area contributed by atoms with E-state index >= 15 is 0 Å². The smallest absolute Gasteiger partial charge is 0.234 e. The second-order valence-electron chi connectivity index (χ2n) is 7.18. The van der Waals surface area contributed by atoms with Crippen molar-refractivity contribution in [3.63, 3.8) is 0 Å². The van der Waals surface area contributed by atoms with Crippen molar-refractivity contribution in [3.05, 3.63) is 71.5 Å². The Labute approximate surface area is 203 Å². The molecule has 1 unspecified atom stereocenters. The summed E-state index contributed by atoms with van der Waals surface area (Å²) in [5, 5.41) is 12.8. The molecule has 0 saturated heterocycles. The molecule has 1 atom stereocenters. The van der Waals surface area contributed by atoms with E-state index < -0.39 is 0 Å². The standard InChI is InChI=1S/C24H27ClN4O3S/c1-5-13-29-23(17(4)32-20-12-11-18(25)14-16(20)3)27-28-24(29)33-15-22(30)26-19-9-7-8-10-21(19)31-6-2/h5,7-12,14,17H,1,6,13,15H2,2-4H3,(H,26,30). The first-order valence-corrected chi connectivity index (χ1v) is 11.9. The molecule has 0 saturated carbocycles. The van der Waals surface area contributed by atoms with Crippen LogP contribution in [0, 0.1) is 6.92 Å². The van der Waals surface area contributed by atoms with E-state index in [0.717, 1.165) is 11.3 Å². The number of thioether (sulfide) groups is 1. The molecule has 1 amide bonds. The minimum Gasteiger partial charge on any atom is -0.492 e. The molecule has 0 fully saturated rings. The summed E-state index contributed by atoms with van der Waals surface area (Å²) in [7, 11) is 0. The SMILES string of the molecule is C=CCn1c(SCC(=O)Nc2ccccc2OCC)nnc1C(C)Oc1ccc(Cl)cc1C. The predicted molar refractivity (Wildman–Crippen MR) is 132 cm³/mol. The van der Waals surface area contributed by atoms with Gasteiger partial charge in [0.25, 0.3) is 0 Å². The van der Waals surface area contributed by atoms with Gasteiger partial charge in [-0.3, -0.25) is 9.36 Å². The summed E-state index contributed by atoms with van der Waals surface area (Å²) in [6.07, 6.45) is 1.40. The fourth-order valence-corrected chi connectivity index (χ4v) is 4.15. The normalized spacial score (nSPS) is 11.6. The lowest BCUT2D eigenvalue weighted by Crippen LogP contribution is -2.16. The third-order valence-electron chi connectivity index (χ3n) is 4.65. The monoisotopic (exact) mass is 486 g/mol. The quantitative estimate of drug-likeness (QED) is 0.277. The molecule has 1 heterocycles. The highest BCUT2D eigenvalue weighted by molar-refractivity contribution is 7.99. The predicted octanol–water partition coefficient (Wildman–Crippen LogP) is 5.70. The Balaban J connectivity index is 1.69. The highest BCUT2D eigenvalue weighted by Crippen LogP contribution is 2.29. The number of carbonyl (C=O) groups is 1. The van der Waals surface area contributed by atoms with Gasteiger partial charge in [-0.15, -0.1) is 16.8 Å². The molecule has 0 bridgehead atoms. The van der Waals surface area contributed by atoms with Crippen LogP contribution in [0.3, 0.4) is 0 Å². The number of hydrogen-bond acceptors (Lipinski definition) is 6. The number of amides is 1. The Morgan fingerprint density at radius 2 is 2.06 bits per heavy atom. The number of aromatic nitrogens is 3. The van der Waals surface area contributed by atoms with Gasteiger partial charge in [-0.05, 0) is 56.7 Å². The minimum atomic E-state index is -0.362. The summed E-state index contributed by atoms with van der Waals surface area (Å²) in [4.78, 5) is 12.6. The number of hydrogen-bond donors (Lipinski definition) is 1. The van der Waals surface area contributed by atoms with Gasteiger partial charge in [0.2, 0.25) is 5.91 Å². The zero-order valence-corrected chi connectivity index (χ0v) is 20.4. The highest BCUT2D eigenvalue weighted by atomic mass is 35.5. The zero-order valence-electron chi connectivity index (χ0n) is 18.9. The van der Waals surface area contributed by atoms with Gasteiger partial charge >= 0.3 is 0 Å². The molecular weight excluding hydrogens is 460 g/mol. The molecule has 9 heteroatoms. The summed E-state index contributed by atoms with van der Waals surface area (Å²) >= 11 is 7.34. The maximum atomic E-state index is 12.6. The van der Waals surface area contributed by atoms with Crippen LogP contribution in [0.1, 0.15) is 31.3 Å². The molecule has 3 rings (SSSR count). The molecule has 0 aliphatic rings. The van der Waals surface area contributed by atoms with Crippen molar-refractivity contribution >= 4 is 35.0 Å². The number of para-hydroxylation sites is 2. The van der Waals surface area contributed by atoms with Crippen LogP contribution < -0.4 is 14.8 Å². The van der Waals surface area contributed by atoms with E-state index in [-0.39, 0.29) is 17.8 Å². The first-order chi connectivity index (χ1) is 15.9. The van der Waals surface area contributed by atoms with Crippen LogP contribution >= 0.6 is 23.4 Å². The fraction of sp³-hybridized carbons (Fsp3) is 0.292. The van der Waals surface area contributed by atoms with E-state index in [2.05, 4.69) is 22.1 Å². The molecule has 1 aromatic heterocycles. The average molecular weight is 487 g/mol. The van der Waals surface area contributed by atoms with Gasteiger partial charge in [-0.25, -0.2) is 0 Å². The van der Waals surface area contributed by atoms with E-state index in [0.29, 0.717) is 40.6 Å². The molecule has 0 spiro atoms. The van der Waals surface area contributed by atoms with Gasteiger partial charge in [-0.2, -0.15) is 0 Å².